The lowest BCUT2D eigenvalue weighted by Gasteiger charge is -2.29. The van der Waals surface area contributed by atoms with Crippen molar-refractivity contribution >= 4 is 27.6 Å². The van der Waals surface area contributed by atoms with E-state index in [1.54, 1.807) is 43.5 Å². The van der Waals surface area contributed by atoms with Gasteiger partial charge < -0.3 is 15.0 Å². The van der Waals surface area contributed by atoms with E-state index in [0.29, 0.717) is 21.5 Å². The first kappa shape index (κ1) is 18.9. The molecule has 28 heavy (non-hydrogen) atoms. The van der Waals surface area contributed by atoms with Crippen LogP contribution in [0.3, 0.4) is 0 Å². The quantitative estimate of drug-likeness (QED) is 0.705. The second-order valence-corrected chi connectivity index (χ2v) is 7.94. The number of methoxy groups -OCH3 is 1. The zero-order valence-electron chi connectivity index (χ0n) is 15.4. The predicted octanol–water partition coefficient (Wildman–Crippen LogP) is 3.57. The number of hydrogen-bond acceptors (Lipinski definition) is 4. The number of halogens is 2. The lowest BCUT2D eigenvalue weighted by Crippen LogP contribution is -2.43. The number of anilines is 1. The molecule has 0 aliphatic carbocycles. The molecule has 2 heterocycles. The second-order valence-electron chi connectivity index (χ2n) is 6.57. The van der Waals surface area contributed by atoms with Gasteiger partial charge in [0, 0.05) is 49.0 Å². The van der Waals surface area contributed by atoms with E-state index >= 15 is 0 Å². The maximum atomic E-state index is 13.7. The van der Waals surface area contributed by atoms with Crippen LogP contribution in [0.25, 0.3) is 10.9 Å². The summed E-state index contributed by atoms with van der Waals surface area (Å²) in [6.07, 6.45) is -1.34. The summed E-state index contributed by atoms with van der Waals surface area (Å²) in [6, 6.07) is 12.2. The normalized spacial score (nSPS) is 15.9. The molecule has 1 unspecified atom stereocenters. The Labute approximate surface area is 164 Å². The fraction of sp³-hybridized carbons (Fsp3) is 0.300. The Morgan fingerprint density at radius 1 is 1.11 bits per heavy atom. The first-order valence-corrected chi connectivity index (χ1v) is 10.1. The molecular formula is C20H21F2N3O2S. The average molecular weight is 405 g/mol. The van der Waals surface area contributed by atoms with E-state index in [2.05, 4.69) is 10.2 Å². The maximum Gasteiger partial charge on any atom is 0.265 e. The minimum Gasteiger partial charge on any atom is -0.497 e. The third kappa shape index (κ3) is 3.49. The van der Waals surface area contributed by atoms with Crippen molar-refractivity contribution in [2.45, 2.75) is 11.3 Å². The number of benzene rings is 2. The standard InChI is InChI=1S/C20H21F2N3O2S/c1-27-15-3-5-16(6-4-15)28(26)25-13-18(20(21)22)17-12-14(2-7-19(17)25)24-10-8-23-9-11-24/h2-7,12-13,20,23H,8-11H2,1H3. The molecule has 1 aliphatic rings. The fourth-order valence-electron chi connectivity index (χ4n) is 3.45. The molecule has 0 bridgehead atoms. The first-order valence-electron chi connectivity index (χ1n) is 9.03. The van der Waals surface area contributed by atoms with Crippen LogP contribution in [-0.4, -0.2) is 41.5 Å². The molecule has 0 saturated carbocycles. The summed E-state index contributed by atoms with van der Waals surface area (Å²) >= 11 is 0. The van der Waals surface area contributed by atoms with Gasteiger partial charge in [-0.15, -0.1) is 0 Å². The molecule has 1 fully saturated rings. The summed E-state index contributed by atoms with van der Waals surface area (Å²) in [4.78, 5) is 2.69. The Balaban J connectivity index is 1.76. The van der Waals surface area contributed by atoms with Gasteiger partial charge in [0.25, 0.3) is 6.43 Å². The first-order chi connectivity index (χ1) is 13.6. The van der Waals surface area contributed by atoms with Crippen molar-refractivity contribution in [3.63, 3.8) is 0 Å². The Morgan fingerprint density at radius 2 is 1.82 bits per heavy atom. The lowest BCUT2D eigenvalue weighted by molar-refractivity contribution is 0.153. The average Bonchev–Trinajstić information content (AvgIpc) is 3.13. The molecule has 3 aromatic rings. The molecule has 0 radical (unpaired) electrons. The number of alkyl halides is 2. The predicted molar refractivity (Wildman–Crippen MR) is 107 cm³/mol. The van der Waals surface area contributed by atoms with Crippen molar-refractivity contribution in [3.05, 3.63) is 54.2 Å². The van der Waals surface area contributed by atoms with Crippen molar-refractivity contribution < 1.29 is 17.7 Å². The van der Waals surface area contributed by atoms with E-state index in [0.717, 1.165) is 31.9 Å². The Hall–Kier alpha value is -2.45. The highest BCUT2D eigenvalue weighted by molar-refractivity contribution is 7.83. The van der Waals surface area contributed by atoms with Gasteiger partial charge in [-0.25, -0.2) is 13.0 Å². The molecule has 1 N–H and O–H groups in total. The third-order valence-corrected chi connectivity index (χ3v) is 6.28. The molecule has 1 saturated heterocycles. The second kappa shape index (κ2) is 7.89. The van der Waals surface area contributed by atoms with Crippen LogP contribution in [0.2, 0.25) is 0 Å². The van der Waals surface area contributed by atoms with Crippen LogP contribution in [0, 0.1) is 0 Å². The van der Waals surface area contributed by atoms with E-state index in [1.807, 2.05) is 6.07 Å². The summed E-state index contributed by atoms with van der Waals surface area (Å²) < 4.78 is 47.0. The van der Waals surface area contributed by atoms with Crippen LogP contribution in [-0.2, 0) is 11.0 Å². The van der Waals surface area contributed by atoms with Crippen LogP contribution in [0.5, 0.6) is 5.75 Å². The monoisotopic (exact) mass is 405 g/mol. The van der Waals surface area contributed by atoms with Gasteiger partial charge in [-0.3, -0.25) is 3.97 Å². The van der Waals surface area contributed by atoms with Gasteiger partial charge in [0.15, 0.2) is 11.0 Å². The van der Waals surface area contributed by atoms with E-state index < -0.39 is 17.4 Å². The molecule has 1 atom stereocenters. The highest BCUT2D eigenvalue weighted by atomic mass is 32.2. The topological polar surface area (TPSA) is 46.5 Å². The Morgan fingerprint density at radius 3 is 2.46 bits per heavy atom. The zero-order valence-corrected chi connectivity index (χ0v) is 16.2. The van der Waals surface area contributed by atoms with E-state index in [9.17, 15) is 13.0 Å². The third-order valence-electron chi connectivity index (χ3n) is 4.94. The van der Waals surface area contributed by atoms with Crippen LogP contribution in [0.15, 0.2) is 53.6 Å². The smallest absolute Gasteiger partial charge is 0.265 e. The number of hydrogen-bond donors (Lipinski definition) is 1. The van der Waals surface area contributed by atoms with E-state index in [-0.39, 0.29) is 5.56 Å². The minimum atomic E-state index is -2.64. The van der Waals surface area contributed by atoms with Crippen molar-refractivity contribution in [1.82, 2.24) is 9.29 Å². The lowest BCUT2D eigenvalue weighted by atomic mass is 10.1. The van der Waals surface area contributed by atoms with Crippen molar-refractivity contribution in [2.75, 3.05) is 38.2 Å². The molecule has 0 amide bonds. The van der Waals surface area contributed by atoms with Gasteiger partial charge in [0.2, 0.25) is 0 Å². The van der Waals surface area contributed by atoms with Gasteiger partial charge in [0.1, 0.15) is 5.75 Å². The summed E-state index contributed by atoms with van der Waals surface area (Å²) in [7, 11) is -0.0826. The van der Waals surface area contributed by atoms with Crippen molar-refractivity contribution in [1.29, 1.82) is 0 Å². The zero-order chi connectivity index (χ0) is 19.7. The number of piperazine rings is 1. The van der Waals surface area contributed by atoms with Crippen LogP contribution < -0.4 is 15.0 Å². The molecule has 2 aromatic carbocycles. The van der Waals surface area contributed by atoms with Crippen molar-refractivity contribution in [3.8, 4) is 5.75 Å². The molecule has 5 nitrogen and oxygen atoms in total. The Bertz CT molecular complexity index is 999. The molecule has 148 valence electrons. The van der Waals surface area contributed by atoms with Gasteiger partial charge in [-0.05, 0) is 42.5 Å². The fourth-order valence-corrected chi connectivity index (χ4v) is 4.59. The van der Waals surface area contributed by atoms with E-state index in [4.69, 9.17) is 4.74 Å². The van der Waals surface area contributed by atoms with Gasteiger partial charge in [0.05, 0.1) is 17.5 Å². The number of aromatic nitrogens is 1. The number of nitrogens with zero attached hydrogens (tertiary/aromatic N) is 2. The van der Waals surface area contributed by atoms with Crippen LogP contribution in [0.4, 0.5) is 14.5 Å². The molecule has 1 aromatic heterocycles. The largest absolute Gasteiger partial charge is 0.497 e. The molecule has 8 heteroatoms. The number of fused-ring (bicyclic) bond motifs is 1. The Kier molecular flexibility index (Phi) is 5.32. The van der Waals surface area contributed by atoms with E-state index in [1.165, 1.54) is 10.2 Å². The summed E-state index contributed by atoms with van der Waals surface area (Å²) in [5, 5.41) is 3.72. The van der Waals surface area contributed by atoms with Gasteiger partial charge >= 0.3 is 0 Å². The number of ether oxygens (including phenoxy) is 1. The van der Waals surface area contributed by atoms with Crippen LogP contribution in [0.1, 0.15) is 12.0 Å². The molecule has 4 rings (SSSR count). The highest BCUT2D eigenvalue weighted by Gasteiger charge is 2.21. The molecule has 0 spiro atoms. The minimum absolute atomic E-state index is 0.103. The molecular weight excluding hydrogens is 384 g/mol. The summed E-state index contributed by atoms with van der Waals surface area (Å²) in [5.41, 5.74) is 1.33. The van der Waals surface area contributed by atoms with Crippen molar-refractivity contribution in [2.24, 2.45) is 0 Å². The number of rotatable bonds is 5. The van der Waals surface area contributed by atoms with Gasteiger partial charge in [-0.1, -0.05) is 0 Å². The summed E-state index contributed by atoms with van der Waals surface area (Å²) in [5.74, 6) is 0.645. The molecule has 1 aliphatic heterocycles. The SMILES string of the molecule is COc1ccc(S(=O)n2cc(C(F)F)c3cc(N4CCNCC4)ccc32)cc1. The number of nitrogens with one attached hydrogen (secondary N) is 1. The maximum absolute atomic E-state index is 13.7. The van der Waals surface area contributed by atoms with Crippen LogP contribution >= 0.6 is 0 Å². The van der Waals surface area contributed by atoms with Gasteiger partial charge in [-0.2, -0.15) is 0 Å². The summed E-state index contributed by atoms with van der Waals surface area (Å²) in [6.45, 7) is 3.38. The highest BCUT2D eigenvalue weighted by Crippen LogP contribution is 2.34.